The minimum atomic E-state index is -0.137. The maximum Gasteiger partial charge on any atom is 0.239 e. The van der Waals surface area contributed by atoms with Gasteiger partial charge in [-0.05, 0) is 19.1 Å². The second-order valence-corrected chi connectivity index (χ2v) is 3.53. The lowest BCUT2D eigenvalue weighted by molar-refractivity contribution is -0.119. The van der Waals surface area contributed by atoms with E-state index < -0.39 is 0 Å². The van der Waals surface area contributed by atoms with E-state index in [9.17, 15) is 4.79 Å². The monoisotopic (exact) mass is 235 g/mol. The molecule has 0 saturated carbocycles. The summed E-state index contributed by atoms with van der Waals surface area (Å²) >= 11 is 0. The molecule has 2 heterocycles. The zero-order valence-corrected chi connectivity index (χ0v) is 9.40. The molecule has 0 fully saturated rings. The predicted octanol–water partition coefficient (Wildman–Crippen LogP) is 1.30. The topological polar surface area (TPSA) is 80.3 Å². The maximum absolute atomic E-state index is 11.4. The summed E-state index contributed by atoms with van der Waals surface area (Å²) in [7, 11) is 0. The van der Waals surface area contributed by atoms with Crippen LogP contribution >= 0.6 is 0 Å². The largest absolute Gasteiger partial charge is 0.467 e. The number of carbonyl (C=O) groups is 1. The highest BCUT2D eigenvalue weighted by Crippen LogP contribution is 2.06. The van der Waals surface area contributed by atoms with Crippen molar-refractivity contribution in [1.29, 1.82) is 0 Å². The van der Waals surface area contributed by atoms with E-state index in [0.29, 0.717) is 18.1 Å². The summed E-state index contributed by atoms with van der Waals surface area (Å²) in [5, 5.41) is 9.27. The second kappa shape index (κ2) is 5.20. The molecule has 0 bridgehead atoms. The molecule has 6 heteroatoms. The lowest BCUT2D eigenvalue weighted by Gasteiger charge is -2.03. The number of hydrogen-bond donors (Lipinski definition) is 2. The summed E-state index contributed by atoms with van der Waals surface area (Å²) in [5.41, 5.74) is 0. The molecule has 0 aliphatic heterocycles. The first-order valence-corrected chi connectivity index (χ1v) is 5.20. The van der Waals surface area contributed by atoms with Crippen molar-refractivity contribution in [3.05, 3.63) is 36.0 Å². The van der Waals surface area contributed by atoms with E-state index in [1.54, 1.807) is 31.4 Å². The Bertz CT molecular complexity index is 476. The summed E-state index contributed by atoms with van der Waals surface area (Å²) in [6, 6.07) is 5.30. The quantitative estimate of drug-likeness (QED) is 0.816. The number of anilines is 1. The van der Waals surface area contributed by atoms with Crippen molar-refractivity contribution in [1.82, 2.24) is 10.5 Å². The van der Waals surface area contributed by atoms with Crippen molar-refractivity contribution < 1.29 is 13.7 Å². The molecule has 0 aromatic carbocycles. The van der Waals surface area contributed by atoms with Crippen LogP contribution in [0.5, 0.6) is 0 Å². The van der Waals surface area contributed by atoms with Gasteiger partial charge in [0.05, 0.1) is 19.4 Å². The van der Waals surface area contributed by atoms with Crippen LogP contribution in [0, 0.1) is 6.92 Å². The van der Waals surface area contributed by atoms with Crippen molar-refractivity contribution in [2.75, 3.05) is 11.9 Å². The molecule has 6 nitrogen and oxygen atoms in total. The van der Waals surface area contributed by atoms with Crippen molar-refractivity contribution in [3.8, 4) is 0 Å². The first-order valence-electron chi connectivity index (χ1n) is 5.20. The van der Waals surface area contributed by atoms with Gasteiger partial charge in [-0.1, -0.05) is 5.16 Å². The molecule has 0 aliphatic carbocycles. The van der Waals surface area contributed by atoms with Gasteiger partial charge in [0.2, 0.25) is 5.91 Å². The fourth-order valence-electron chi connectivity index (χ4n) is 1.28. The third kappa shape index (κ3) is 3.37. The second-order valence-electron chi connectivity index (χ2n) is 3.53. The number of amides is 1. The third-order valence-corrected chi connectivity index (χ3v) is 2.10. The fourth-order valence-corrected chi connectivity index (χ4v) is 1.28. The summed E-state index contributed by atoms with van der Waals surface area (Å²) in [6.45, 7) is 2.31. The number of hydrogen-bond acceptors (Lipinski definition) is 5. The van der Waals surface area contributed by atoms with Crippen molar-refractivity contribution in [3.63, 3.8) is 0 Å². The van der Waals surface area contributed by atoms with Crippen LogP contribution in [0.1, 0.15) is 11.5 Å². The van der Waals surface area contributed by atoms with E-state index in [1.807, 2.05) is 0 Å². The van der Waals surface area contributed by atoms with Crippen LogP contribution in [0.2, 0.25) is 0 Å². The molecule has 2 rings (SSSR count). The Morgan fingerprint density at radius 1 is 1.53 bits per heavy atom. The van der Waals surface area contributed by atoms with Gasteiger partial charge in [-0.25, -0.2) is 0 Å². The normalized spacial score (nSPS) is 10.2. The van der Waals surface area contributed by atoms with E-state index in [4.69, 9.17) is 8.94 Å². The molecule has 0 aliphatic rings. The zero-order chi connectivity index (χ0) is 12.1. The highest BCUT2D eigenvalue weighted by atomic mass is 16.5. The number of nitrogens with zero attached hydrogens (tertiary/aromatic N) is 1. The summed E-state index contributed by atoms with van der Waals surface area (Å²) in [6.07, 6.45) is 1.57. The highest BCUT2D eigenvalue weighted by Gasteiger charge is 2.04. The molecule has 2 N–H and O–H groups in total. The molecular weight excluding hydrogens is 222 g/mol. The molecule has 0 spiro atoms. The summed E-state index contributed by atoms with van der Waals surface area (Å²) in [4.78, 5) is 11.4. The van der Waals surface area contributed by atoms with Crippen LogP contribution in [0.15, 0.2) is 33.4 Å². The van der Waals surface area contributed by atoms with Crippen molar-refractivity contribution in [2.24, 2.45) is 0 Å². The minimum Gasteiger partial charge on any atom is -0.467 e. The van der Waals surface area contributed by atoms with Crippen molar-refractivity contribution >= 4 is 11.7 Å². The Balaban J connectivity index is 1.71. The fraction of sp³-hybridized carbons (Fsp3) is 0.273. The van der Waals surface area contributed by atoms with Crippen LogP contribution in [0.25, 0.3) is 0 Å². The Labute approximate surface area is 98.0 Å². The number of rotatable bonds is 5. The van der Waals surface area contributed by atoms with Gasteiger partial charge in [-0.15, -0.1) is 0 Å². The minimum absolute atomic E-state index is 0.137. The Kier molecular flexibility index (Phi) is 3.44. The zero-order valence-electron chi connectivity index (χ0n) is 9.40. The molecule has 1 amide bonds. The average molecular weight is 235 g/mol. The van der Waals surface area contributed by atoms with Gasteiger partial charge in [-0.3, -0.25) is 4.79 Å². The summed E-state index contributed by atoms with van der Waals surface area (Å²) < 4.78 is 9.94. The van der Waals surface area contributed by atoms with Gasteiger partial charge >= 0.3 is 0 Å². The maximum atomic E-state index is 11.4. The molecule has 2 aromatic heterocycles. The van der Waals surface area contributed by atoms with Crippen LogP contribution in [-0.4, -0.2) is 17.6 Å². The van der Waals surface area contributed by atoms with E-state index in [-0.39, 0.29) is 12.5 Å². The van der Waals surface area contributed by atoms with Crippen LogP contribution in [-0.2, 0) is 11.3 Å². The molecular formula is C11H13N3O3. The van der Waals surface area contributed by atoms with E-state index in [1.165, 1.54) is 0 Å². The lowest BCUT2D eigenvalue weighted by Crippen LogP contribution is -2.29. The van der Waals surface area contributed by atoms with E-state index in [2.05, 4.69) is 15.8 Å². The van der Waals surface area contributed by atoms with Gasteiger partial charge < -0.3 is 19.6 Å². The molecule has 17 heavy (non-hydrogen) atoms. The van der Waals surface area contributed by atoms with E-state index >= 15 is 0 Å². The Morgan fingerprint density at radius 2 is 2.41 bits per heavy atom. The predicted molar refractivity (Wildman–Crippen MR) is 60.3 cm³/mol. The first-order chi connectivity index (χ1) is 8.24. The molecule has 0 saturated heterocycles. The van der Waals surface area contributed by atoms with Gasteiger partial charge in [0.1, 0.15) is 11.5 Å². The van der Waals surface area contributed by atoms with Crippen LogP contribution < -0.4 is 10.6 Å². The van der Waals surface area contributed by atoms with Crippen molar-refractivity contribution in [2.45, 2.75) is 13.5 Å². The summed E-state index contributed by atoms with van der Waals surface area (Å²) in [5.74, 6) is 1.83. The standard InChI is InChI=1S/C11H13N3O3/c1-8-5-10(14-17-8)12-7-11(15)13-6-9-3-2-4-16-9/h2-5H,6-7H2,1H3,(H,12,14)(H,13,15). The molecule has 2 aromatic rings. The molecule has 0 unspecified atom stereocenters. The molecule has 90 valence electrons. The first kappa shape index (κ1) is 11.3. The molecule has 0 radical (unpaired) electrons. The number of furan rings is 1. The van der Waals surface area contributed by atoms with E-state index in [0.717, 1.165) is 5.76 Å². The van der Waals surface area contributed by atoms with Gasteiger partial charge in [0, 0.05) is 6.07 Å². The van der Waals surface area contributed by atoms with Gasteiger partial charge in [-0.2, -0.15) is 0 Å². The van der Waals surface area contributed by atoms with Crippen LogP contribution in [0.3, 0.4) is 0 Å². The number of nitrogens with one attached hydrogen (secondary N) is 2. The third-order valence-electron chi connectivity index (χ3n) is 2.10. The van der Waals surface area contributed by atoms with Gasteiger partial charge in [0.15, 0.2) is 5.82 Å². The van der Waals surface area contributed by atoms with Crippen LogP contribution in [0.4, 0.5) is 5.82 Å². The average Bonchev–Trinajstić information content (AvgIpc) is 2.95. The Hall–Kier alpha value is -2.24. The Morgan fingerprint density at radius 3 is 3.06 bits per heavy atom. The smallest absolute Gasteiger partial charge is 0.239 e. The SMILES string of the molecule is Cc1cc(NCC(=O)NCc2ccco2)no1. The van der Waals surface area contributed by atoms with Gasteiger partial charge in [0.25, 0.3) is 0 Å². The molecule has 0 atom stereocenters. The lowest BCUT2D eigenvalue weighted by atomic mass is 10.4. The number of aryl methyl sites for hydroxylation is 1. The number of aromatic nitrogens is 1. The highest BCUT2D eigenvalue weighted by molar-refractivity contribution is 5.80. The number of carbonyl (C=O) groups excluding carboxylic acids is 1.